The van der Waals surface area contributed by atoms with E-state index < -0.39 is 18.0 Å². The molecule has 1 aliphatic rings. The molecule has 1 aromatic carbocycles. The molecule has 1 aromatic rings. The summed E-state index contributed by atoms with van der Waals surface area (Å²) in [6, 6.07) is 3.55. The maximum absolute atomic E-state index is 13.7. The largest absolute Gasteiger partial charge is 0.386 e. The molecule has 0 saturated carbocycles. The lowest BCUT2D eigenvalue weighted by Crippen LogP contribution is -2.38. The van der Waals surface area contributed by atoms with Crippen LogP contribution >= 0.6 is 11.6 Å². The van der Waals surface area contributed by atoms with Crippen molar-refractivity contribution >= 4 is 17.5 Å². The van der Waals surface area contributed by atoms with E-state index in [1.165, 1.54) is 18.2 Å². The summed E-state index contributed by atoms with van der Waals surface area (Å²) in [6.45, 7) is 2.29. The van der Waals surface area contributed by atoms with E-state index in [2.05, 4.69) is 5.32 Å². The minimum atomic E-state index is -1.20. The molecule has 0 unspecified atom stereocenters. The first-order valence-electron chi connectivity index (χ1n) is 7.02. The summed E-state index contributed by atoms with van der Waals surface area (Å²) in [5, 5.41) is 13.0. The molecule has 0 aliphatic carbocycles. The van der Waals surface area contributed by atoms with Gasteiger partial charge in [-0.25, -0.2) is 4.39 Å². The van der Waals surface area contributed by atoms with Crippen molar-refractivity contribution < 1.29 is 19.0 Å². The van der Waals surface area contributed by atoms with Crippen molar-refractivity contribution in [2.45, 2.75) is 44.4 Å². The van der Waals surface area contributed by atoms with Crippen LogP contribution in [0.3, 0.4) is 0 Å². The second-order valence-electron chi connectivity index (χ2n) is 5.28. The van der Waals surface area contributed by atoms with Gasteiger partial charge in [-0.15, -0.1) is 0 Å². The van der Waals surface area contributed by atoms with Gasteiger partial charge in [0.15, 0.2) is 0 Å². The number of hydrogen-bond donors (Lipinski definition) is 2. The number of hydrogen-bond acceptors (Lipinski definition) is 3. The lowest BCUT2D eigenvalue weighted by atomic mass is 10.0. The molecule has 1 saturated heterocycles. The first kappa shape index (κ1) is 16.2. The van der Waals surface area contributed by atoms with Gasteiger partial charge in [-0.3, -0.25) is 4.79 Å². The molecule has 4 nitrogen and oxygen atoms in total. The second-order valence-corrected chi connectivity index (χ2v) is 5.68. The summed E-state index contributed by atoms with van der Waals surface area (Å²) < 4.78 is 19.1. The number of nitrogens with one attached hydrogen (secondary N) is 1. The van der Waals surface area contributed by atoms with E-state index in [1.54, 1.807) is 6.92 Å². The number of amides is 1. The topological polar surface area (TPSA) is 58.6 Å². The fourth-order valence-electron chi connectivity index (χ4n) is 2.45. The van der Waals surface area contributed by atoms with Crippen LogP contribution in [-0.4, -0.2) is 29.8 Å². The molecule has 2 rings (SSSR count). The zero-order valence-electron chi connectivity index (χ0n) is 11.8. The van der Waals surface area contributed by atoms with Crippen LogP contribution in [0.4, 0.5) is 4.39 Å². The number of rotatable bonds is 5. The Hall–Kier alpha value is -1.17. The van der Waals surface area contributed by atoms with Crippen molar-refractivity contribution in [2.24, 2.45) is 0 Å². The predicted molar refractivity (Wildman–Crippen MR) is 77.6 cm³/mol. The molecule has 1 aliphatic heterocycles. The molecule has 2 N–H and O–H groups in total. The monoisotopic (exact) mass is 315 g/mol. The molecular formula is C15H19ClFNO3. The summed E-state index contributed by atoms with van der Waals surface area (Å²) in [4.78, 5) is 11.9. The van der Waals surface area contributed by atoms with Crippen LogP contribution in [0.15, 0.2) is 18.2 Å². The number of benzene rings is 1. The minimum Gasteiger partial charge on any atom is -0.386 e. The maximum Gasteiger partial charge on any atom is 0.222 e. The maximum atomic E-state index is 13.7. The van der Waals surface area contributed by atoms with Crippen molar-refractivity contribution in [1.82, 2.24) is 5.32 Å². The van der Waals surface area contributed by atoms with Gasteiger partial charge in [-0.2, -0.15) is 0 Å². The highest BCUT2D eigenvalue weighted by Crippen LogP contribution is 2.28. The summed E-state index contributed by atoms with van der Waals surface area (Å²) in [5.41, 5.74) is 0.00378. The number of halogens is 2. The van der Waals surface area contributed by atoms with Gasteiger partial charge in [0.1, 0.15) is 11.9 Å². The molecular weight excluding hydrogens is 297 g/mol. The highest BCUT2D eigenvalue weighted by Gasteiger charge is 2.25. The molecule has 3 atom stereocenters. The van der Waals surface area contributed by atoms with E-state index in [9.17, 15) is 14.3 Å². The van der Waals surface area contributed by atoms with Crippen LogP contribution in [-0.2, 0) is 9.53 Å². The Morgan fingerprint density at radius 1 is 1.62 bits per heavy atom. The Labute approximate surface area is 128 Å². The first-order chi connectivity index (χ1) is 9.99. The molecule has 0 radical (unpaired) electrons. The van der Waals surface area contributed by atoms with E-state index in [0.29, 0.717) is 6.61 Å². The number of aliphatic hydroxyl groups is 1. The smallest absolute Gasteiger partial charge is 0.222 e. The Bertz CT molecular complexity index is 485. The van der Waals surface area contributed by atoms with E-state index in [-0.39, 0.29) is 29.0 Å². The van der Waals surface area contributed by atoms with Gasteiger partial charge in [-0.1, -0.05) is 17.7 Å². The third-order valence-electron chi connectivity index (χ3n) is 3.59. The van der Waals surface area contributed by atoms with E-state index in [1.807, 2.05) is 0 Å². The van der Waals surface area contributed by atoms with E-state index in [0.717, 1.165) is 12.8 Å². The first-order valence-corrected chi connectivity index (χ1v) is 7.39. The number of aliphatic hydroxyl groups excluding tert-OH is 1. The average molecular weight is 316 g/mol. The Morgan fingerprint density at radius 3 is 3.00 bits per heavy atom. The summed E-state index contributed by atoms with van der Waals surface area (Å²) in [5.74, 6) is -0.809. The highest BCUT2D eigenvalue weighted by molar-refractivity contribution is 6.31. The lowest BCUT2D eigenvalue weighted by Gasteiger charge is -2.22. The third kappa shape index (κ3) is 4.15. The van der Waals surface area contributed by atoms with Gasteiger partial charge < -0.3 is 15.2 Å². The summed E-state index contributed by atoms with van der Waals surface area (Å²) in [6.07, 6.45) is 0.811. The van der Waals surface area contributed by atoms with Crippen LogP contribution in [0.1, 0.15) is 37.9 Å². The van der Waals surface area contributed by atoms with Crippen molar-refractivity contribution in [3.8, 4) is 0 Å². The van der Waals surface area contributed by atoms with Crippen molar-refractivity contribution in [1.29, 1.82) is 0 Å². The molecule has 1 fully saturated rings. The normalized spacial score (nSPS) is 21.0. The van der Waals surface area contributed by atoms with Crippen molar-refractivity contribution in [2.75, 3.05) is 6.61 Å². The summed E-state index contributed by atoms with van der Waals surface area (Å²) in [7, 11) is 0. The van der Waals surface area contributed by atoms with Gasteiger partial charge in [-0.05, 0) is 31.9 Å². The third-order valence-corrected chi connectivity index (χ3v) is 3.92. The van der Waals surface area contributed by atoms with E-state index >= 15 is 0 Å². The zero-order valence-corrected chi connectivity index (χ0v) is 12.6. The van der Waals surface area contributed by atoms with Gasteiger partial charge in [0, 0.05) is 17.2 Å². The van der Waals surface area contributed by atoms with E-state index in [4.69, 9.17) is 16.3 Å². The zero-order chi connectivity index (χ0) is 15.4. The quantitative estimate of drug-likeness (QED) is 0.878. The number of carbonyl (C=O) groups excluding carboxylic acids is 1. The average Bonchev–Trinajstić information content (AvgIpc) is 2.90. The molecule has 1 amide bonds. The SMILES string of the molecule is C[C@H](NC(=O)C[C@@H]1CCCO1)[C@@H](O)c1c(F)cccc1Cl. The second kappa shape index (κ2) is 7.20. The van der Waals surface area contributed by atoms with Gasteiger partial charge >= 0.3 is 0 Å². The van der Waals surface area contributed by atoms with Crippen LogP contribution in [0.2, 0.25) is 5.02 Å². The molecule has 0 aromatic heterocycles. The standard InChI is InChI=1S/C15H19ClFNO3/c1-9(18-13(19)8-10-4-3-7-21-10)15(20)14-11(16)5-2-6-12(14)17/h2,5-6,9-10,15,20H,3-4,7-8H2,1H3,(H,18,19)/t9-,10-,15+/m0/s1. The minimum absolute atomic E-state index is 0.00378. The highest BCUT2D eigenvalue weighted by atomic mass is 35.5. The van der Waals surface area contributed by atoms with Gasteiger partial charge in [0.05, 0.1) is 18.6 Å². The Morgan fingerprint density at radius 2 is 2.38 bits per heavy atom. The molecule has 0 bridgehead atoms. The summed E-state index contributed by atoms with van der Waals surface area (Å²) >= 11 is 5.91. The van der Waals surface area contributed by atoms with Crippen molar-refractivity contribution in [3.63, 3.8) is 0 Å². The Balaban J connectivity index is 1.95. The predicted octanol–water partition coefficient (Wildman–Crippen LogP) is 2.59. The lowest BCUT2D eigenvalue weighted by molar-refractivity contribution is -0.124. The van der Waals surface area contributed by atoms with Gasteiger partial charge in [0.2, 0.25) is 5.91 Å². The van der Waals surface area contributed by atoms with Crippen LogP contribution in [0.25, 0.3) is 0 Å². The number of ether oxygens (including phenoxy) is 1. The molecule has 6 heteroatoms. The fourth-order valence-corrected chi connectivity index (χ4v) is 2.72. The number of carbonyl (C=O) groups is 1. The fraction of sp³-hybridized carbons (Fsp3) is 0.533. The van der Waals surface area contributed by atoms with Crippen LogP contribution in [0.5, 0.6) is 0 Å². The molecule has 0 spiro atoms. The van der Waals surface area contributed by atoms with Crippen LogP contribution < -0.4 is 5.32 Å². The molecule has 116 valence electrons. The van der Waals surface area contributed by atoms with Gasteiger partial charge in [0.25, 0.3) is 0 Å². The van der Waals surface area contributed by atoms with Crippen LogP contribution in [0, 0.1) is 5.82 Å². The van der Waals surface area contributed by atoms with Crippen molar-refractivity contribution in [3.05, 3.63) is 34.6 Å². The molecule has 21 heavy (non-hydrogen) atoms. The Kier molecular flexibility index (Phi) is 5.56. The molecule has 1 heterocycles.